The van der Waals surface area contributed by atoms with Gasteiger partial charge in [-0.3, -0.25) is 19.9 Å². The minimum Gasteiger partial charge on any atom is -0.291 e. The number of nitrogens with one attached hydrogen (secondary N) is 2. The fraction of sp³-hybridized carbons (Fsp3) is 0.333. The van der Waals surface area contributed by atoms with Gasteiger partial charge in [-0.1, -0.05) is 0 Å². The summed E-state index contributed by atoms with van der Waals surface area (Å²) in [6.45, 7) is 3.52. The van der Waals surface area contributed by atoms with Gasteiger partial charge in [0.1, 0.15) is 11.9 Å². The molecule has 0 saturated carbocycles. The zero-order valence-electron chi connectivity index (χ0n) is 9.01. The van der Waals surface area contributed by atoms with Crippen LogP contribution in [-0.2, 0) is 4.79 Å². The van der Waals surface area contributed by atoms with E-state index in [2.05, 4.69) is 25.6 Å². The zero-order chi connectivity index (χ0) is 11.5. The third kappa shape index (κ3) is 2.08. The number of hydrogen-bond donors (Lipinski definition) is 2. The topological polar surface area (TPSA) is 88.5 Å². The molecule has 1 atom stereocenters. The molecule has 0 spiro atoms. The van der Waals surface area contributed by atoms with Crippen molar-refractivity contribution in [2.75, 3.05) is 5.32 Å². The van der Waals surface area contributed by atoms with Gasteiger partial charge >= 0.3 is 0 Å². The second kappa shape index (κ2) is 4.13. The smallest absolute Gasteiger partial charge is 0.251 e. The van der Waals surface area contributed by atoms with Gasteiger partial charge in [0.15, 0.2) is 0 Å². The highest BCUT2D eigenvalue weighted by Crippen LogP contribution is 2.06. The largest absolute Gasteiger partial charge is 0.291 e. The first-order valence-corrected chi connectivity index (χ1v) is 4.86. The fourth-order valence-corrected chi connectivity index (χ4v) is 1.24. The summed E-state index contributed by atoms with van der Waals surface area (Å²) in [4.78, 5) is 15.7. The van der Waals surface area contributed by atoms with Crippen molar-refractivity contribution >= 4 is 11.9 Å². The van der Waals surface area contributed by atoms with E-state index < -0.39 is 6.04 Å². The molecule has 0 saturated heterocycles. The molecule has 0 bridgehead atoms. The molecule has 0 fully saturated rings. The number of rotatable bonds is 3. The lowest BCUT2D eigenvalue weighted by atomic mass is 10.3. The number of amides is 1. The highest BCUT2D eigenvalue weighted by atomic mass is 16.2. The maximum Gasteiger partial charge on any atom is 0.251 e. The van der Waals surface area contributed by atoms with E-state index in [9.17, 15) is 4.79 Å². The van der Waals surface area contributed by atoms with E-state index in [1.807, 2.05) is 0 Å². The van der Waals surface area contributed by atoms with Gasteiger partial charge in [0, 0.05) is 12.4 Å². The summed E-state index contributed by atoms with van der Waals surface area (Å²) in [6.07, 6.45) is 3.36. The summed E-state index contributed by atoms with van der Waals surface area (Å²) in [5.41, 5.74) is 0. The van der Waals surface area contributed by atoms with Gasteiger partial charge in [-0.25, -0.2) is 0 Å². The predicted molar refractivity (Wildman–Crippen MR) is 56.7 cm³/mol. The average molecular weight is 220 g/mol. The second-order valence-corrected chi connectivity index (χ2v) is 3.40. The highest BCUT2D eigenvalue weighted by molar-refractivity contribution is 5.91. The summed E-state index contributed by atoms with van der Waals surface area (Å²) in [5, 5.41) is 13.1. The Bertz CT molecular complexity index is 474. The molecule has 0 aliphatic rings. The molecule has 0 radical (unpaired) electrons. The van der Waals surface area contributed by atoms with Crippen LogP contribution in [-0.4, -0.2) is 30.9 Å². The van der Waals surface area contributed by atoms with Crippen molar-refractivity contribution in [3.8, 4) is 0 Å². The predicted octanol–water partition coefficient (Wildman–Crippen LogP) is 0.509. The second-order valence-electron chi connectivity index (χ2n) is 3.40. The zero-order valence-corrected chi connectivity index (χ0v) is 9.01. The minimum atomic E-state index is -0.395. The van der Waals surface area contributed by atoms with Gasteiger partial charge in [-0.05, 0) is 19.9 Å². The van der Waals surface area contributed by atoms with Gasteiger partial charge in [0.05, 0.1) is 0 Å². The summed E-state index contributed by atoms with van der Waals surface area (Å²) < 4.78 is 1.56. The Balaban J connectivity index is 2.03. The molecule has 2 rings (SSSR count). The number of hydrogen-bond acceptors (Lipinski definition) is 4. The van der Waals surface area contributed by atoms with Crippen LogP contribution >= 0.6 is 0 Å². The molecule has 7 nitrogen and oxygen atoms in total. The van der Waals surface area contributed by atoms with Crippen LogP contribution < -0.4 is 5.32 Å². The average Bonchev–Trinajstić information content (AvgIpc) is 2.88. The van der Waals surface area contributed by atoms with Gasteiger partial charge in [-0.2, -0.15) is 10.1 Å². The first-order chi connectivity index (χ1) is 7.66. The SMILES string of the molecule is Cc1nc(NC(=O)C(C)n2cccn2)n[nH]1. The lowest BCUT2D eigenvalue weighted by Gasteiger charge is -2.10. The van der Waals surface area contributed by atoms with E-state index in [1.165, 1.54) is 0 Å². The van der Waals surface area contributed by atoms with E-state index in [0.29, 0.717) is 5.82 Å². The summed E-state index contributed by atoms with van der Waals surface area (Å²) in [5.74, 6) is 0.728. The number of aromatic nitrogens is 5. The number of H-pyrrole nitrogens is 1. The molecule has 0 aliphatic carbocycles. The van der Waals surface area contributed by atoms with Crippen molar-refractivity contribution in [2.45, 2.75) is 19.9 Å². The van der Waals surface area contributed by atoms with Crippen molar-refractivity contribution in [1.29, 1.82) is 0 Å². The first kappa shape index (κ1) is 10.3. The van der Waals surface area contributed by atoms with Crippen LogP contribution in [0.15, 0.2) is 18.5 Å². The number of aryl methyl sites for hydroxylation is 1. The van der Waals surface area contributed by atoms with Gasteiger partial charge < -0.3 is 0 Å². The molecular formula is C9H12N6O. The lowest BCUT2D eigenvalue weighted by molar-refractivity contribution is -0.119. The molecule has 2 heterocycles. The number of carbonyl (C=O) groups is 1. The molecule has 84 valence electrons. The Hall–Kier alpha value is -2.18. The quantitative estimate of drug-likeness (QED) is 0.788. The maximum atomic E-state index is 11.8. The third-order valence-electron chi connectivity index (χ3n) is 2.13. The van der Waals surface area contributed by atoms with E-state index in [-0.39, 0.29) is 11.9 Å². The first-order valence-electron chi connectivity index (χ1n) is 4.86. The molecule has 2 aromatic rings. The van der Waals surface area contributed by atoms with Gasteiger partial charge in [0.2, 0.25) is 5.95 Å². The summed E-state index contributed by atoms with van der Waals surface area (Å²) in [6, 6.07) is 1.37. The monoisotopic (exact) mass is 220 g/mol. The third-order valence-corrected chi connectivity index (χ3v) is 2.13. The molecule has 2 N–H and O–H groups in total. The molecular weight excluding hydrogens is 208 g/mol. The van der Waals surface area contributed by atoms with Gasteiger partial charge in [-0.15, -0.1) is 5.10 Å². The van der Waals surface area contributed by atoms with E-state index in [0.717, 1.165) is 0 Å². The fourth-order valence-electron chi connectivity index (χ4n) is 1.24. The van der Waals surface area contributed by atoms with Crippen molar-refractivity contribution < 1.29 is 4.79 Å². The van der Waals surface area contributed by atoms with Crippen LogP contribution in [0, 0.1) is 6.92 Å². The van der Waals surface area contributed by atoms with Crippen LogP contribution in [0.25, 0.3) is 0 Å². The number of anilines is 1. The normalized spacial score (nSPS) is 12.4. The van der Waals surface area contributed by atoms with Crippen molar-refractivity contribution in [2.24, 2.45) is 0 Å². The van der Waals surface area contributed by atoms with Crippen molar-refractivity contribution in [3.05, 3.63) is 24.3 Å². The maximum absolute atomic E-state index is 11.8. The Morgan fingerprint density at radius 3 is 3.00 bits per heavy atom. The molecule has 7 heteroatoms. The van der Waals surface area contributed by atoms with Crippen LogP contribution in [0.4, 0.5) is 5.95 Å². The Morgan fingerprint density at radius 1 is 1.62 bits per heavy atom. The Kier molecular flexibility index (Phi) is 2.67. The molecule has 1 amide bonds. The molecule has 16 heavy (non-hydrogen) atoms. The van der Waals surface area contributed by atoms with Gasteiger partial charge in [0.25, 0.3) is 5.91 Å². The van der Waals surface area contributed by atoms with E-state index in [4.69, 9.17) is 0 Å². The van der Waals surface area contributed by atoms with E-state index >= 15 is 0 Å². The van der Waals surface area contributed by atoms with E-state index in [1.54, 1.807) is 37.0 Å². The van der Waals surface area contributed by atoms with Crippen LogP contribution in [0.5, 0.6) is 0 Å². The standard InChI is InChI=1S/C9H12N6O/c1-6(15-5-3-4-10-15)8(16)12-9-11-7(2)13-14-9/h3-6H,1-2H3,(H2,11,12,13,14,16). The summed E-state index contributed by atoms with van der Waals surface area (Å²) >= 11 is 0. The van der Waals surface area contributed by atoms with Crippen LogP contribution in [0.2, 0.25) is 0 Å². The van der Waals surface area contributed by atoms with Crippen molar-refractivity contribution in [1.82, 2.24) is 25.0 Å². The Labute approximate surface area is 91.9 Å². The number of nitrogens with zero attached hydrogens (tertiary/aromatic N) is 4. The summed E-state index contributed by atoms with van der Waals surface area (Å²) in [7, 11) is 0. The Morgan fingerprint density at radius 2 is 2.44 bits per heavy atom. The lowest BCUT2D eigenvalue weighted by Crippen LogP contribution is -2.24. The van der Waals surface area contributed by atoms with Crippen molar-refractivity contribution in [3.63, 3.8) is 0 Å². The number of aromatic amines is 1. The van der Waals surface area contributed by atoms with Crippen LogP contribution in [0.1, 0.15) is 18.8 Å². The van der Waals surface area contributed by atoms with Crippen LogP contribution in [0.3, 0.4) is 0 Å². The minimum absolute atomic E-state index is 0.206. The molecule has 0 aliphatic heterocycles. The highest BCUT2D eigenvalue weighted by Gasteiger charge is 2.16. The number of carbonyl (C=O) groups excluding carboxylic acids is 1. The molecule has 1 unspecified atom stereocenters. The molecule has 0 aromatic carbocycles. The molecule has 2 aromatic heterocycles.